The zero-order chi connectivity index (χ0) is 32.6. The van der Waals surface area contributed by atoms with Crippen LogP contribution in [0.2, 0.25) is 13.1 Å². The van der Waals surface area contributed by atoms with E-state index in [-0.39, 0.29) is 14.5 Å². The molecule has 6 rings (SSSR count). The summed E-state index contributed by atoms with van der Waals surface area (Å²) in [5.41, 5.74) is 15.0. The molecule has 0 aliphatic heterocycles. The second kappa shape index (κ2) is 11.5. The van der Waals surface area contributed by atoms with Gasteiger partial charge in [-0.25, -0.2) is 0 Å². The van der Waals surface area contributed by atoms with Crippen LogP contribution in [0.1, 0.15) is 98.3 Å². The molecular weight excluding hydrogens is 683 g/mol. The molecule has 235 valence electrons. The Morgan fingerprint density at radius 1 is 0.756 bits per heavy atom. The number of benzene rings is 4. The van der Waals surface area contributed by atoms with Crippen molar-refractivity contribution in [1.29, 1.82) is 0 Å². The van der Waals surface area contributed by atoms with Gasteiger partial charge >= 0.3 is 283 Å². The van der Waals surface area contributed by atoms with Crippen molar-refractivity contribution in [1.82, 2.24) is 0 Å². The molecule has 0 saturated carbocycles. The fourth-order valence-corrected chi connectivity index (χ4v) is 35.6. The van der Waals surface area contributed by atoms with Crippen LogP contribution in [0.15, 0.2) is 84.4 Å². The molecule has 2 aliphatic carbocycles. The zero-order valence-corrected chi connectivity index (χ0v) is 33.7. The van der Waals surface area contributed by atoms with E-state index in [0.717, 1.165) is 19.3 Å². The minimum absolute atomic E-state index is 0.0281. The number of hydrogen-bond donors (Lipinski definition) is 0. The summed E-state index contributed by atoms with van der Waals surface area (Å²) < 4.78 is 1.44. The summed E-state index contributed by atoms with van der Waals surface area (Å²) in [6.45, 7) is 21.1. The van der Waals surface area contributed by atoms with Gasteiger partial charge in [-0.2, -0.15) is 0 Å². The van der Waals surface area contributed by atoms with Crippen LogP contribution in [0.25, 0.3) is 28.3 Å². The third-order valence-corrected chi connectivity index (χ3v) is 60.6. The average molecular weight is 732 g/mol. The Morgan fingerprint density at radius 2 is 1.42 bits per heavy atom. The van der Waals surface area contributed by atoms with Crippen LogP contribution in [-0.2, 0) is 32.8 Å². The van der Waals surface area contributed by atoms with Crippen molar-refractivity contribution in [2.45, 2.75) is 95.3 Å². The van der Waals surface area contributed by atoms with Gasteiger partial charge in [0.05, 0.1) is 0 Å². The van der Waals surface area contributed by atoms with Crippen molar-refractivity contribution in [3.05, 3.63) is 118 Å². The van der Waals surface area contributed by atoms with Crippen LogP contribution >= 0.6 is 17.0 Å². The molecule has 4 heteroatoms. The van der Waals surface area contributed by atoms with E-state index in [4.69, 9.17) is 17.0 Å². The van der Waals surface area contributed by atoms with Crippen molar-refractivity contribution in [2.24, 2.45) is 0 Å². The number of allylic oxidation sites excluding steroid dienone is 1. The SMILES string of the molecule is CCCC1=Cc2c(-c3ccccc3)cccc2[CH]1[Zr]([Cl])([Cl])([c]1cc(C(C)(C)C)cc2c1Cc1ccc(C(C)(C)C)cc1-2)[SiH](C)C. The first-order valence-electron chi connectivity index (χ1n) is 16.8. The van der Waals surface area contributed by atoms with E-state index < -0.39 is 21.5 Å². The summed E-state index contributed by atoms with van der Waals surface area (Å²) in [5.74, 6) is -1.65. The summed E-state index contributed by atoms with van der Waals surface area (Å²) in [6.07, 6.45) is 5.50. The van der Waals surface area contributed by atoms with Crippen LogP contribution in [-0.4, -0.2) is 5.92 Å². The standard InChI is InChI=1S/C21H25.C18H17.C2H7Si.2ClH.Zr/c1-20(2,3)16-9-7-14-11-15-8-10-17(21(4,5)6)13-19(15)18(14)12-16;1-2-7-14-12-16-10-6-11-17(18(16)13-14)15-8-4-3-5-9-15;1-3-2;;;/h7,9-10,12-13H,11H2,1-6H3;3-6,8-13H,2,7H2,1H3;3H,1-2H3;2*1H;/q;;;;;+2/p-2. The monoisotopic (exact) mass is 729 g/mol. The second-order valence-electron chi connectivity index (χ2n) is 16.0. The summed E-state index contributed by atoms with van der Waals surface area (Å²) in [4.78, 5) is 0. The molecule has 0 bridgehead atoms. The van der Waals surface area contributed by atoms with Crippen molar-refractivity contribution < 1.29 is 15.6 Å². The average Bonchev–Trinajstić information content (AvgIpc) is 3.54. The van der Waals surface area contributed by atoms with E-state index in [1.807, 2.05) is 0 Å². The van der Waals surface area contributed by atoms with Gasteiger partial charge in [0.2, 0.25) is 0 Å². The molecule has 0 amide bonds. The van der Waals surface area contributed by atoms with Gasteiger partial charge in [-0.3, -0.25) is 0 Å². The van der Waals surface area contributed by atoms with Crippen molar-refractivity contribution in [3.63, 3.8) is 0 Å². The first-order valence-corrected chi connectivity index (χ1v) is 33.0. The summed E-state index contributed by atoms with van der Waals surface area (Å²) in [5, 5.41) is 0. The third kappa shape index (κ3) is 5.45. The Bertz CT molecular complexity index is 1820. The first-order chi connectivity index (χ1) is 21.0. The maximum absolute atomic E-state index is 8.67. The number of rotatable bonds is 6. The van der Waals surface area contributed by atoms with Gasteiger partial charge < -0.3 is 0 Å². The molecular formula is C41H49Cl2SiZr. The first kappa shape index (κ1) is 33.2. The molecule has 45 heavy (non-hydrogen) atoms. The summed E-state index contributed by atoms with van der Waals surface area (Å²) in [6, 6.07) is 29.8. The Balaban J connectivity index is 1.66. The molecule has 1 atom stereocenters. The van der Waals surface area contributed by atoms with Gasteiger partial charge in [0.1, 0.15) is 0 Å². The van der Waals surface area contributed by atoms with Crippen molar-refractivity contribution >= 4 is 32.3 Å². The molecule has 2 aliphatic rings. The minimum atomic E-state index is -4.89. The van der Waals surface area contributed by atoms with Crippen LogP contribution in [0.3, 0.4) is 0 Å². The molecule has 0 spiro atoms. The van der Waals surface area contributed by atoms with Crippen molar-refractivity contribution in [3.8, 4) is 22.3 Å². The molecule has 0 radical (unpaired) electrons. The predicted octanol–water partition coefficient (Wildman–Crippen LogP) is 12.1. The Labute approximate surface area is 281 Å². The van der Waals surface area contributed by atoms with E-state index in [1.54, 1.807) is 0 Å². The van der Waals surface area contributed by atoms with Gasteiger partial charge in [-0.1, -0.05) is 0 Å². The van der Waals surface area contributed by atoms with Crippen LogP contribution < -0.4 is 3.27 Å². The Morgan fingerprint density at radius 3 is 2.04 bits per heavy atom. The predicted molar refractivity (Wildman–Crippen MR) is 200 cm³/mol. The molecule has 0 nitrogen and oxygen atoms in total. The van der Waals surface area contributed by atoms with Crippen LogP contribution in [0.4, 0.5) is 0 Å². The van der Waals surface area contributed by atoms with Crippen LogP contribution in [0.5, 0.6) is 0 Å². The normalized spacial score (nSPS) is 17.0. The van der Waals surface area contributed by atoms with Gasteiger partial charge in [-0.15, -0.1) is 0 Å². The van der Waals surface area contributed by atoms with Gasteiger partial charge in [0, 0.05) is 0 Å². The van der Waals surface area contributed by atoms with E-state index in [1.165, 1.54) is 64.5 Å². The van der Waals surface area contributed by atoms with Gasteiger partial charge in [0.25, 0.3) is 0 Å². The van der Waals surface area contributed by atoms with Gasteiger partial charge in [-0.05, 0) is 0 Å². The summed E-state index contributed by atoms with van der Waals surface area (Å²) >= 11 is -4.89. The fourth-order valence-electron chi connectivity index (χ4n) is 7.86. The molecule has 4 aromatic rings. The topological polar surface area (TPSA) is 0 Å². The quantitative estimate of drug-likeness (QED) is 0.153. The molecule has 0 fully saturated rings. The Kier molecular flexibility index (Phi) is 8.47. The number of halogens is 2. The van der Waals surface area contributed by atoms with Crippen LogP contribution in [0, 0.1) is 0 Å². The second-order valence-corrected chi connectivity index (χ2v) is 57.4. The third-order valence-electron chi connectivity index (χ3n) is 10.6. The van der Waals surface area contributed by atoms with Crippen molar-refractivity contribution in [2.75, 3.05) is 0 Å². The molecule has 0 N–H and O–H groups in total. The zero-order valence-electron chi connectivity index (χ0n) is 28.6. The molecule has 0 saturated heterocycles. The Hall–Kier alpha value is -1.70. The van der Waals surface area contributed by atoms with E-state index in [0.29, 0.717) is 0 Å². The van der Waals surface area contributed by atoms with Gasteiger partial charge in [0.15, 0.2) is 0 Å². The van der Waals surface area contributed by atoms with E-state index in [9.17, 15) is 0 Å². The van der Waals surface area contributed by atoms with E-state index in [2.05, 4.69) is 146 Å². The molecule has 1 unspecified atom stereocenters. The molecule has 0 aromatic heterocycles. The summed E-state index contributed by atoms with van der Waals surface area (Å²) in [7, 11) is 17.3. The molecule has 4 aromatic carbocycles. The number of fused-ring (bicyclic) bond motifs is 4. The maximum atomic E-state index is 8.67. The fraction of sp³-hybridized carbons (Fsp3) is 0.366. The number of hydrogen-bond acceptors (Lipinski definition) is 0. The van der Waals surface area contributed by atoms with E-state index >= 15 is 0 Å². The molecule has 0 heterocycles.